The van der Waals surface area contributed by atoms with Crippen molar-refractivity contribution in [2.75, 3.05) is 30.8 Å². The van der Waals surface area contributed by atoms with Crippen LogP contribution in [0.15, 0.2) is 122 Å². The second-order valence-electron chi connectivity index (χ2n) is 20.0. The van der Waals surface area contributed by atoms with Crippen LogP contribution in [-0.2, 0) is 10.8 Å². The van der Waals surface area contributed by atoms with Crippen LogP contribution in [0, 0.1) is 25.5 Å². The van der Waals surface area contributed by atoms with Crippen molar-refractivity contribution in [3.05, 3.63) is 155 Å². The van der Waals surface area contributed by atoms with E-state index >= 15 is 0 Å². The second-order valence-corrected chi connectivity index (χ2v) is 20.0. The van der Waals surface area contributed by atoms with Gasteiger partial charge >= 0.3 is 12.4 Å². The van der Waals surface area contributed by atoms with Crippen LogP contribution in [0.5, 0.6) is 23.0 Å². The third-order valence-electron chi connectivity index (χ3n) is 13.1. The van der Waals surface area contributed by atoms with Crippen molar-refractivity contribution in [2.45, 2.75) is 88.8 Å². The van der Waals surface area contributed by atoms with E-state index < -0.39 is 72.0 Å². The van der Waals surface area contributed by atoms with Gasteiger partial charge < -0.3 is 40.9 Å². The van der Waals surface area contributed by atoms with E-state index in [2.05, 4.69) is 20.8 Å². The molecule has 0 aliphatic heterocycles. The average Bonchev–Trinajstić information content (AvgIpc) is 3.95. The fourth-order valence-corrected chi connectivity index (χ4v) is 9.35. The Morgan fingerprint density at radius 1 is 0.533 bits per heavy atom. The van der Waals surface area contributed by atoms with Crippen LogP contribution in [-0.4, -0.2) is 88.8 Å². The Kier molecular flexibility index (Phi) is 15.2. The standard InChI is InChI=1S/C28H29F4N3O3.C27H27F4N3O3/c1-17-11-23(21-14-34-35(24(21)12-17)19-6-8-20(36)9-7-19)33-16-27(37,28(30,31)32)15-26(2,3)22-13-18(29)5-10-25(22)38-4;1-16-10-22(20-13-33-34(23(20)11-16)18-5-7-19(35)8-6-18)32-15-26(37,27(29,30)31)14-25(2,3)21-12-17(28)4-9-24(21)36/h5-14,33,36-37H,15-16H2,1-4H3;4-13,32,35-37H,14-15H2,1-3H3. The lowest BCUT2D eigenvalue weighted by molar-refractivity contribution is -0.260. The van der Waals surface area contributed by atoms with Crippen molar-refractivity contribution < 1.29 is 65.4 Å². The molecule has 0 fully saturated rings. The first-order chi connectivity index (χ1) is 34.9. The minimum Gasteiger partial charge on any atom is -0.508 e. The van der Waals surface area contributed by atoms with Crippen LogP contribution < -0.4 is 15.4 Å². The molecule has 2 aromatic heterocycles. The molecule has 2 heterocycles. The smallest absolute Gasteiger partial charge is 0.418 e. The molecule has 0 aliphatic carbocycles. The summed E-state index contributed by atoms with van der Waals surface area (Å²) in [6.45, 7) is 7.68. The predicted octanol–water partition coefficient (Wildman–Crippen LogP) is 12.2. The van der Waals surface area contributed by atoms with Crippen LogP contribution >= 0.6 is 0 Å². The summed E-state index contributed by atoms with van der Waals surface area (Å²) in [5.41, 5.74) is -4.13. The van der Waals surface area contributed by atoms with Crippen molar-refractivity contribution in [2.24, 2.45) is 0 Å². The quantitative estimate of drug-likeness (QED) is 0.0491. The van der Waals surface area contributed by atoms with Crippen LogP contribution in [0.3, 0.4) is 0 Å². The highest BCUT2D eigenvalue weighted by Gasteiger charge is 2.57. The Morgan fingerprint density at radius 3 is 1.32 bits per heavy atom. The van der Waals surface area contributed by atoms with E-state index in [4.69, 9.17) is 4.74 Å². The largest absolute Gasteiger partial charge is 0.508 e. The summed E-state index contributed by atoms with van der Waals surface area (Å²) in [6, 6.07) is 26.4. The lowest BCUT2D eigenvalue weighted by atomic mass is 9.74. The number of anilines is 2. The fourth-order valence-electron chi connectivity index (χ4n) is 9.35. The van der Waals surface area contributed by atoms with E-state index in [1.165, 1.54) is 77.5 Å². The van der Waals surface area contributed by atoms with Gasteiger partial charge in [-0.15, -0.1) is 0 Å². The number of hydrogen-bond donors (Lipinski definition) is 7. The number of alkyl halides is 6. The molecule has 7 N–H and O–H groups in total. The van der Waals surface area contributed by atoms with Crippen molar-refractivity contribution in [3.8, 4) is 34.4 Å². The number of aryl methyl sites for hydroxylation is 2. The first kappa shape index (κ1) is 55.2. The molecule has 0 amide bonds. The van der Waals surface area contributed by atoms with Crippen LogP contribution in [0.4, 0.5) is 46.5 Å². The molecule has 398 valence electrons. The molecule has 0 saturated heterocycles. The molecule has 0 radical (unpaired) electrons. The molecular weight excluding hydrogens is 993 g/mol. The van der Waals surface area contributed by atoms with Gasteiger partial charge in [0.15, 0.2) is 11.2 Å². The number of phenols is 3. The Hall–Kier alpha value is -7.58. The Morgan fingerprint density at radius 2 is 0.920 bits per heavy atom. The molecule has 20 heteroatoms. The highest BCUT2D eigenvalue weighted by Crippen LogP contribution is 2.46. The zero-order valence-corrected chi connectivity index (χ0v) is 41.8. The van der Waals surface area contributed by atoms with Crippen molar-refractivity contribution in [1.29, 1.82) is 0 Å². The molecule has 6 aromatic carbocycles. The minimum atomic E-state index is -5.03. The number of methoxy groups -OCH3 is 1. The number of rotatable bonds is 15. The number of nitrogens with zero attached hydrogens (tertiary/aromatic N) is 4. The van der Waals surface area contributed by atoms with Crippen molar-refractivity contribution in [1.82, 2.24) is 19.6 Å². The SMILES string of the molecule is COc1ccc(F)cc1C(C)(C)CC(O)(CNc1cc(C)cc2c1cnn2-c1ccc(O)cc1)C(F)(F)F.Cc1cc(NCC(O)(CC(C)(C)c2cc(F)ccc2O)C(F)(F)F)c2cnn(-c3ccc(O)cc3)c2c1. The molecule has 8 aromatic rings. The molecule has 0 aliphatic rings. The zero-order valence-electron chi connectivity index (χ0n) is 41.8. The van der Waals surface area contributed by atoms with Gasteiger partial charge in [-0.2, -0.15) is 36.5 Å². The maximum atomic E-state index is 14.3. The van der Waals surface area contributed by atoms with Gasteiger partial charge in [0, 0.05) is 33.3 Å². The van der Waals surface area contributed by atoms with Crippen molar-refractivity contribution in [3.63, 3.8) is 0 Å². The average molecular weight is 1050 g/mol. The van der Waals surface area contributed by atoms with Gasteiger partial charge in [0.25, 0.3) is 0 Å². The molecule has 0 spiro atoms. The number of halogens is 8. The summed E-state index contributed by atoms with van der Waals surface area (Å²) in [6.07, 6.45) is -8.58. The summed E-state index contributed by atoms with van der Waals surface area (Å²) in [4.78, 5) is 0. The topological polar surface area (TPSA) is 170 Å². The maximum Gasteiger partial charge on any atom is 0.418 e. The van der Waals surface area contributed by atoms with Crippen LogP contribution in [0.25, 0.3) is 33.2 Å². The highest BCUT2D eigenvalue weighted by atomic mass is 19.4. The monoisotopic (exact) mass is 1050 g/mol. The number of phenolic OH excluding ortho intramolecular Hbond substituents is 3. The molecule has 0 saturated carbocycles. The van der Waals surface area contributed by atoms with Gasteiger partial charge in [-0.1, -0.05) is 27.7 Å². The number of hydrogen-bond acceptors (Lipinski definition) is 10. The van der Waals surface area contributed by atoms with Gasteiger partial charge in [0.2, 0.25) is 0 Å². The Bertz CT molecular complexity index is 3320. The summed E-state index contributed by atoms with van der Waals surface area (Å²) >= 11 is 0. The molecule has 12 nitrogen and oxygen atoms in total. The highest BCUT2D eigenvalue weighted by molar-refractivity contribution is 5.94. The van der Waals surface area contributed by atoms with Gasteiger partial charge in [0.1, 0.15) is 34.6 Å². The van der Waals surface area contributed by atoms with Gasteiger partial charge in [-0.05, 0) is 158 Å². The first-order valence-corrected chi connectivity index (χ1v) is 23.4. The number of aromatic hydroxyl groups is 3. The lowest BCUT2D eigenvalue weighted by Crippen LogP contribution is -2.53. The zero-order chi connectivity index (χ0) is 55.1. The number of ether oxygens (including phenoxy) is 1. The van der Waals surface area contributed by atoms with Gasteiger partial charge in [-0.25, -0.2) is 18.1 Å². The minimum absolute atomic E-state index is 0.0386. The van der Waals surface area contributed by atoms with E-state index in [1.54, 1.807) is 59.6 Å². The fraction of sp³-hybridized carbons (Fsp3) is 0.309. The molecule has 8 rings (SSSR count). The molecular formula is C55H56F8N6O6. The number of fused-ring (bicyclic) bond motifs is 2. The maximum absolute atomic E-state index is 14.3. The third-order valence-corrected chi connectivity index (χ3v) is 13.1. The molecule has 2 unspecified atom stereocenters. The summed E-state index contributed by atoms with van der Waals surface area (Å²) in [5.74, 6) is -1.27. The Labute approximate surface area is 426 Å². The van der Waals surface area contributed by atoms with Crippen LogP contribution in [0.2, 0.25) is 0 Å². The van der Waals surface area contributed by atoms with Crippen molar-refractivity contribution >= 4 is 33.2 Å². The second kappa shape index (κ2) is 20.6. The lowest BCUT2D eigenvalue weighted by Gasteiger charge is -2.38. The summed E-state index contributed by atoms with van der Waals surface area (Å²) < 4.78 is 122. The Balaban J connectivity index is 0.000000219. The summed E-state index contributed by atoms with van der Waals surface area (Å²) in [7, 11) is 1.35. The van der Waals surface area contributed by atoms with Crippen LogP contribution in [0.1, 0.15) is 62.8 Å². The number of aromatic nitrogens is 4. The van der Waals surface area contributed by atoms with E-state index in [0.29, 0.717) is 44.6 Å². The number of benzene rings is 6. The van der Waals surface area contributed by atoms with Gasteiger partial charge in [-0.3, -0.25) is 0 Å². The predicted molar refractivity (Wildman–Crippen MR) is 270 cm³/mol. The summed E-state index contributed by atoms with van der Waals surface area (Å²) in [5, 5.41) is 66.6. The number of nitrogens with one attached hydrogen (secondary N) is 2. The van der Waals surface area contributed by atoms with E-state index in [1.807, 2.05) is 12.1 Å². The number of aliphatic hydroxyl groups is 2. The molecule has 0 bridgehead atoms. The third kappa shape index (κ3) is 11.9. The normalized spacial score (nSPS) is 14.0. The van der Waals surface area contributed by atoms with Gasteiger partial charge in [0.05, 0.1) is 55.0 Å². The first-order valence-electron chi connectivity index (χ1n) is 23.4. The molecule has 2 atom stereocenters. The van der Waals surface area contributed by atoms with E-state index in [0.717, 1.165) is 41.5 Å². The molecule has 75 heavy (non-hydrogen) atoms. The van der Waals surface area contributed by atoms with E-state index in [-0.39, 0.29) is 34.1 Å². The van der Waals surface area contributed by atoms with E-state index in [9.17, 15) is 60.7 Å².